The molecule has 6 N–H and O–H groups in total. The first kappa shape index (κ1) is 47.4. The van der Waals surface area contributed by atoms with E-state index < -0.39 is 17.4 Å². The van der Waals surface area contributed by atoms with Crippen molar-refractivity contribution in [3.63, 3.8) is 0 Å². The standard InChI is InChI=1S/C50H70FN3O5/c1-7-9-10-13-36-16-18-38(19-17-36)40-21-23-45(46(51)29-40)44-22-20-39(26-37(44)8-2)43-27-41(14-11-24-57-48(55)34(3)4)47(59-33-50(30-52,31-53)32-54)42(28-43)15-12-25-58-49(56)35(5)6/h20-23,26-29,36,38H,3,5,7-19,24-25,30-33,52-54H2,1-2,4,6H3. The summed E-state index contributed by atoms with van der Waals surface area (Å²) in [7, 11) is 0. The molecule has 1 aliphatic carbocycles. The van der Waals surface area contributed by atoms with Gasteiger partial charge in [-0.15, -0.1) is 0 Å². The summed E-state index contributed by atoms with van der Waals surface area (Å²) in [5, 5.41) is 0. The van der Waals surface area contributed by atoms with E-state index >= 15 is 4.39 Å². The van der Waals surface area contributed by atoms with Gasteiger partial charge >= 0.3 is 11.9 Å². The third-order valence-corrected chi connectivity index (χ3v) is 12.0. The van der Waals surface area contributed by atoms with Crippen LogP contribution < -0.4 is 21.9 Å². The molecule has 0 atom stereocenters. The normalized spacial score (nSPS) is 15.5. The van der Waals surface area contributed by atoms with Gasteiger partial charge in [-0.1, -0.05) is 83.0 Å². The Morgan fingerprint density at radius 1 is 0.729 bits per heavy atom. The Kier molecular flexibility index (Phi) is 18.8. The maximum absolute atomic E-state index is 16.1. The first-order chi connectivity index (χ1) is 28.4. The van der Waals surface area contributed by atoms with Crippen molar-refractivity contribution in [2.24, 2.45) is 28.5 Å². The fraction of sp³-hybridized carbons (Fsp3) is 0.520. The van der Waals surface area contributed by atoms with Crippen LogP contribution in [0, 0.1) is 17.2 Å². The highest BCUT2D eigenvalue weighted by molar-refractivity contribution is 5.87. The average molecular weight is 812 g/mol. The summed E-state index contributed by atoms with van der Waals surface area (Å²) >= 11 is 0. The average Bonchev–Trinajstić information content (AvgIpc) is 3.24. The SMILES string of the molecule is C=C(C)C(=O)OCCCc1cc(-c2ccc(-c3ccc(C4CCC(CCCCC)CC4)cc3F)c(CC)c2)cc(CCCOC(=O)C(=C)C)c1OCC(CN)(CN)CN. The second-order valence-corrected chi connectivity index (χ2v) is 16.7. The Morgan fingerprint density at radius 3 is 1.80 bits per heavy atom. The van der Waals surface area contributed by atoms with E-state index in [4.69, 9.17) is 31.4 Å². The first-order valence-electron chi connectivity index (χ1n) is 21.9. The first-order valence-corrected chi connectivity index (χ1v) is 21.9. The summed E-state index contributed by atoms with van der Waals surface area (Å²) in [5.74, 6) is 0.867. The van der Waals surface area contributed by atoms with Crippen LogP contribution in [0.25, 0.3) is 22.3 Å². The fourth-order valence-corrected chi connectivity index (χ4v) is 8.03. The molecule has 0 heterocycles. The van der Waals surface area contributed by atoms with Crippen molar-refractivity contribution in [2.75, 3.05) is 39.5 Å². The van der Waals surface area contributed by atoms with Crippen molar-refractivity contribution in [2.45, 2.75) is 117 Å². The molecule has 59 heavy (non-hydrogen) atoms. The number of hydrogen-bond donors (Lipinski definition) is 3. The monoisotopic (exact) mass is 812 g/mol. The smallest absolute Gasteiger partial charge is 0.333 e. The number of benzene rings is 3. The Labute approximate surface area is 353 Å². The molecule has 0 radical (unpaired) electrons. The van der Waals surface area contributed by atoms with E-state index in [1.54, 1.807) is 19.9 Å². The van der Waals surface area contributed by atoms with E-state index in [0.717, 1.165) is 64.1 Å². The zero-order valence-corrected chi connectivity index (χ0v) is 36.3. The highest BCUT2D eigenvalue weighted by atomic mass is 19.1. The Morgan fingerprint density at radius 2 is 1.29 bits per heavy atom. The van der Waals surface area contributed by atoms with Crippen LogP contribution in [0.4, 0.5) is 4.39 Å². The van der Waals surface area contributed by atoms with E-state index in [1.807, 2.05) is 12.1 Å². The van der Waals surface area contributed by atoms with Gasteiger partial charge in [0.15, 0.2) is 0 Å². The number of esters is 2. The molecule has 0 unspecified atom stereocenters. The summed E-state index contributed by atoms with van der Waals surface area (Å²) in [4.78, 5) is 24.3. The van der Waals surface area contributed by atoms with Crippen molar-refractivity contribution < 1.29 is 28.2 Å². The van der Waals surface area contributed by atoms with Crippen LogP contribution in [0.1, 0.15) is 120 Å². The number of halogens is 1. The van der Waals surface area contributed by atoms with E-state index in [-0.39, 0.29) is 45.3 Å². The maximum Gasteiger partial charge on any atom is 0.333 e. The molecule has 8 nitrogen and oxygen atoms in total. The maximum atomic E-state index is 16.1. The summed E-state index contributed by atoms with van der Waals surface area (Å²) in [6.45, 7) is 16.4. The molecule has 0 aromatic heterocycles. The number of rotatable bonds is 24. The van der Waals surface area contributed by atoms with E-state index in [2.05, 4.69) is 57.3 Å². The molecule has 9 heteroatoms. The fourth-order valence-electron chi connectivity index (χ4n) is 8.03. The lowest BCUT2D eigenvalue weighted by Crippen LogP contribution is -2.48. The number of ether oxygens (including phenoxy) is 3. The lowest BCUT2D eigenvalue weighted by Gasteiger charge is -2.30. The molecule has 1 fully saturated rings. The number of aryl methyl sites for hydroxylation is 3. The Hall–Kier alpha value is -4.31. The molecule has 3 aromatic carbocycles. The molecular formula is C50H70FN3O5. The number of carbonyl (C=O) groups excluding carboxylic acids is 2. The van der Waals surface area contributed by atoms with Gasteiger partial charge in [-0.3, -0.25) is 0 Å². The van der Waals surface area contributed by atoms with Gasteiger partial charge in [0.2, 0.25) is 0 Å². The predicted octanol–water partition coefficient (Wildman–Crippen LogP) is 9.92. The second kappa shape index (κ2) is 23.5. The highest BCUT2D eigenvalue weighted by Crippen LogP contribution is 2.40. The van der Waals surface area contributed by atoms with E-state index in [9.17, 15) is 9.59 Å². The van der Waals surface area contributed by atoms with Gasteiger partial charge in [-0.25, -0.2) is 14.0 Å². The molecule has 0 saturated heterocycles. The molecule has 4 rings (SSSR count). The zero-order chi connectivity index (χ0) is 43.0. The van der Waals surface area contributed by atoms with Crippen LogP contribution in [0.3, 0.4) is 0 Å². The Balaban J connectivity index is 1.68. The van der Waals surface area contributed by atoms with Gasteiger partial charge in [-0.2, -0.15) is 0 Å². The Bertz CT molecular complexity index is 1810. The molecule has 1 saturated carbocycles. The van der Waals surface area contributed by atoms with E-state index in [1.165, 1.54) is 38.5 Å². The summed E-state index contributed by atoms with van der Waals surface area (Å²) in [6, 6.07) is 16.3. The number of unbranched alkanes of at least 4 members (excludes halogenated alkanes) is 2. The van der Waals surface area contributed by atoms with Crippen molar-refractivity contribution in [1.29, 1.82) is 0 Å². The van der Waals surface area contributed by atoms with Gasteiger partial charge in [0.05, 0.1) is 19.8 Å². The molecule has 0 amide bonds. The molecule has 3 aromatic rings. The number of hydrogen-bond acceptors (Lipinski definition) is 8. The minimum absolute atomic E-state index is 0.177. The topological polar surface area (TPSA) is 140 Å². The molecule has 322 valence electrons. The summed E-state index contributed by atoms with van der Waals surface area (Å²) in [5.41, 5.74) is 26.0. The molecule has 0 bridgehead atoms. The van der Waals surface area contributed by atoms with Gasteiger partial charge in [-0.05, 0) is 141 Å². The van der Waals surface area contributed by atoms with Crippen molar-refractivity contribution in [3.05, 3.63) is 101 Å². The summed E-state index contributed by atoms with van der Waals surface area (Å²) in [6.07, 6.45) is 12.8. The molecular weight excluding hydrogens is 742 g/mol. The van der Waals surface area contributed by atoms with Crippen LogP contribution in [0.5, 0.6) is 5.75 Å². The van der Waals surface area contributed by atoms with Crippen molar-refractivity contribution >= 4 is 11.9 Å². The van der Waals surface area contributed by atoms with Crippen LogP contribution in [0.2, 0.25) is 0 Å². The molecule has 0 spiro atoms. The summed E-state index contributed by atoms with van der Waals surface area (Å²) < 4.78 is 33.6. The molecule has 0 aliphatic heterocycles. The second-order valence-electron chi connectivity index (χ2n) is 16.7. The third kappa shape index (κ3) is 13.3. The quantitative estimate of drug-likeness (QED) is 0.0462. The zero-order valence-electron chi connectivity index (χ0n) is 36.3. The predicted molar refractivity (Wildman–Crippen MR) is 239 cm³/mol. The van der Waals surface area contributed by atoms with Gasteiger partial charge in [0.1, 0.15) is 11.6 Å². The van der Waals surface area contributed by atoms with Crippen LogP contribution >= 0.6 is 0 Å². The largest absolute Gasteiger partial charge is 0.492 e. The van der Waals surface area contributed by atoms with Gasteiger partial charge < -0.3 is 31.4 Å². The highest BCUT2D eigenvalue weighted by Gasteiger charge is 2.28. The third-order valence-electron chi connectivity index (χ3n) is 12.0. The van der Waals surface area contributed by atoms with Crippen molar-refractivity contribution in [1.82, 2.24) is 0 Å². The number of carbonyl (C=O) groups is 2. The van der Waals surface area contributed by atoms with Crippen molar-refractivity contribution in [3.8, 4) is 28.0 Å². The van der Waals surface area contributed by atoms with Gasteiger partial charge in [0, 0.05) is 41.8 Å². The van der Waals surface area contributed by atoms with Crippen LogP contribution in [-0.4, -0.2) is 51.4 Å². The van der Waals surface area contributed by atoms with Gasteiger partial charge in [0.25, 0.3) is 0 Å². The molecule has 1 aliphatic rings. The van der Waals surface area contributed by atoms with Crippen LogP contribution in [-0.2, 0) is 38.3 Å². The minimum Gasteiger partial charge on any atom is -0.492 e. The minimum atomic E-state index is -0.617. The van der Waals surface area contributed by atoms with E-state index in [0.29, 0.717) is 54.1 Å². The lowest BCUT2D eigenvalue weighted by molar-refractivity contribution is -0.139. The lowest BCUT2D eigenvalue weighted by atomic mass is 9.77. The van der Waals surface area contributed by atoms with Crippen LogP contribution in [0.15, 0.2) is 72.8 Å². The number of nitrogens with two attached hydrogens (primary N) is 3.